The quantitative estimate of drug-likeness (QED) is 0.798. The van der Waals surface area contributed by atoms with Crippen LogP contribution >= 0.6 is 23.2 Å². The van der Waals surface area contributed by atoms with Crippen LogP contribution in [-0.2, 0) is 11.3 Å². The number of aromatic nitrogens is 1. The molecule has 0 radical (unpaired) electrons. The highest BCUT2D eigenvalue weighted by molar-refractivity contribution is 6.42. The minimum Gasteiger partial charge on any atom is -0.348 e. The number of hydrogen-bond donors (Lipinski definition) is 0. The Labute approximate surface area is 140 Å². The van der Waals surface area contributed by atoms with Crippen molar-refractivity contribution < 1.29 is 4.79 Å². The van der Waals surface area contributed by atoms with E-state index in [2.05, 4.69) is 16.8 Å². The Morgan fingerprint density at radius 1 is 1.18 bits per heavy atom. The van der Waals surface area contributed by atoms with E-state index in [1.54, 1.807) is 6.07 Å². The predicted octanol–water partition coefficient (Wildman–Crippen LogP) is 4.38. The summed E-state index contributed by atoms with van der Waals surface area (Å²) in [5, 5.41) is 1.04. The molecular formula is C17H18Cl2N2O. The first-order chi connectivity index (χ1) is 10.5. The van der Waals surface area contributed by atoms with Crippen molar-refractivity contribution in [1.82, 2.24) is 9.47 Å². The zero-order valence-corrected chi connectivity index (χ0v) is 14.1. The van der Waals surface area contributed by atoms with Gasteiger partial charge in [-0.15, -0.1) is 0 Å². The summed E-state index contributed by atoms with van der Waals surface area (Å²) in [6.07, 6.45) is 2.05. The van der Waals surface area contributed by atoms with Gasteiger partial charge in [-0.3, -0.25) is 4.79 Å². The molecule has 22 heavy (non-hydrogen) atoms. The lowest BCUT2D eigenvalue weighted by Crippen LogP contribution is -2.44. The second-order valence-electron chi connectivity index (χ2n) is 5.89. The number of nitrogens with zero attached hydrogens (tertiary/aromatic N) is 2. The first-order valence-electron chi connectivity index (χ1n) is 7.39. The van der Waals surface area contributed by atoms with Gasteiger partial charge in [-0.25, -0.2) is 0 Å². The number of hydrogen-bond acceptors (Lipinski definition) is 1. The molecule has 3 rings (SSSR count). The minimum absolute atomic E-state index is 0.0354. The van der Waals surface area contributed by atoms with Crippen molar-refractivity contribution >= 4 is 29.1 Å². The fourth-order valence-corrected chi connectivity index (χ4v) is 3.29. The van der Waals surface area contributed by atoms with E-state index in [4.69, 9.17) is 23.2 Å². The third kappa shape index (κ3) is 2.64. The van der Waals surface area contributed by atoms with Crippen molar-refractivity contribution in [2.24, 2.45) is 5.92 Å². The van der Waals surface area contributed by atoms with Gasteiger partial charge in [-0.2, -0.15) is 0 Å². The Hall–Kier alpha value is -1.45. The summed E-state index contributed by atoms with van der Waals surface area (Å²) < 4.78 is 2.19. The molecule has 116 valence electrons. The average molecular weight is 337 g/mol. The monoisotopic (exact) mass is 336 g/mol. The summed E-state index contributed by atoms with van der Waals surface area (Å²) in [5.41, 5.74) is 2.10. The SMILES string of the molecule is CC(C)C(=O)N1CCn2cccc2C1c1ccc(Cl)c(Cl)c1. The van der Waals surface area contributed by atoms with Gasteiger partial charge in [0, 0.05) is 30.9 Å². The molecule has 1 aliphatic rings. The third-order valence-corrected chi connectivity index (χ3v) is 4.81. The summed E-state index contributed by atoms with van der Waals surface area (Å²) in [4.78, 5) is 14.6. The van der Waals surface area contributed by atoms with Gasteiger partial charge in [0.25, 0.3) is 0 Å². The number of rotatable bonds is 2. The summed E-state index contributed by atoms with van der Waals surface area (Å²) in [6.45, 7) is 5.38. The molecule has 0 aliphatic carbocycles. The zero-order valence-electron chi connectivity index (χ0n) is 12.6. The van der Waals surface area contributed by atoms with Crippen molar-refractivity contribution in [3.8, 4) is 0 Å². The molecule has 5 heteroatoms. The standard InChI is InChI=1S/C17H18Cl2N2O/c1-11(2)17(22)21-9-8-20-7-3-4-15(20)16(21)12-5-6-13(18)14(19)10-12/h3-7,10-11,16H,8-9H2,1-2H3. The Morgan fingerprint density at radius 3 is 2.64 bits per heavy atom. The average Bonchev–Trinajstić information content (AvgIpc) is 2.96. The topological polar surface area (TPSA) is 25.2 Å². The van der Waals surface area contributed by atoms with E-state index in [-0.39, 0.29) is 17.9 Å². The Kier molecular flexibility index (Phi) is 4.20. The summed E-state index contributed by atoms with van der Waals surface area (Å²) >= 11 is 12.2. The number of carbonyl (C=O) groups excluding carboxylic acids is 1. The maximum absolute atomic E-state index is 12.6. The van der Waals surface area contributed by atoms with Crippen molar-refractivity contribution in [2.75, 3.05) is 6.54 Å². The molecule has 1 aromatic carbocycles. The van der Waals surface area contributed by atoms with Crippen LogP contribution in [0.25, 0.3) is 0 Å². The number of fused-ring (bicyclic) bond motifs is 1. The highest BCUT2D eigenvalue weighted by Gasteiger charge is 2.33. The molecule has 0 spiro atoms. The minimum atomic E-state index is -0.117. The molecule has 0 saturated heterocycles. The molecule has 0 fully saturated rings. The lowest BCUT2D eigenvalue weighted by molar-refractivity contribution is -0.137. The highest BCUT2D eigenvalue weighted by atomic mass is 35.5. The van der Waals surface area contributed by atoms with E-state index in [1.807, 2.05) is 36.9 Å². The van der Waals surface area contributed by atoms with Gasteiger partial charge in [-0.05, 0) is 29.8 Å². The van der Waals surface area contributed by atoms with Gasteiger partial charge < -0.3 is 9.47 Å². The van der Waals surface area contributed by atoms with Gasteiger partial charge in [0.05, 0.1) is 16.1 Å². The Morgan fingerprint density at radius 2 is 1.95 bits per heavy atom. The molecule has 3 nitrogen and oxygen atoms in total. The fraction of sp³-hybridized carbons (Fsp3) is 0.353. The summed E-state index contributed by atoms with van der Waals surface area (Å²) in [5.74, 6) is 0.121. The van der Waals surface area contributed by atoms with E-state index < -0.39 is 0 Å². The first kappa shape index (κ1) is 15.4. The molecule has 1 amide bonds. The van der Waals surface area contributed by atoms with Crippen LogP contribution in [0.3, 0.4) is 0 Å². The molecule has 0 saturated carbocycles. The van der Waals surface area contributed by atoms with Crippen molar-refractivity contribution in [3.63, 3.8) is 0 Å². The second-order valence-corrected chi connectivity index (χ2v) is 6.70. The fourth-order valence-electron chi connectivity index (χ4n) is 2.99. The molecule has 0 bridgehead atoms. The Balaban J connectivity index is 2.09. The molecule has 1 aromatic heterocycles. The Bertz CT molecular complexity index is 708. The van der Waals surface area contributed by atoms with Gasteiger partial charge >= 0.3 is 0 Å². The van der Waals surface area contributed by atoms with Gasteiger partial charge in [0.2, 0.25) is 5.91 Å². The molecule has 0 N–H and O–H groups in total. The van der Waals surface area contributed by atoms with E-state index in [0.29, 0.717) is 16.6 Å². The van der Waals surface area contributed by atoms with Gasteiger partial charge in [0.15, 0.2) is 0 Å². The normalized spacial score (nSPS) is 17.7. The van der Waals surface area contributed by atoms with E-state index in [0.717, 1.165) is 17.8 Å². The second kappa shape index (κ2) is 5.98. The van der Waals surface area contributed by atoms with Crippen molar-refractivity contribution in [2.45, 2.75) is 26.4 Å². The maximum Gasteiger partial charge on any atom is 0.226 e. The van der Waals surface area contributed by atoms with Crippen LogP contribution < -0.4 is 0 Å². The summed E-state index contributed by atoms with van der Waals surface area (Å²) in [6, 6.07) is 9.56. The van der Waals surface area contributed by atoms with Crippen LogP contribution in [0.1, 0.15) is 31.1 Å². The zero-order chi connectivity index (χ0) is 15.9. The van der Waals surface area contributed by atoms with Crippen LogP contribution in [0.2, 0.25) is 10.0 Å². The van der Waals surface area contributed by atoms with Crippen molar-refractivity contribution in [1.29, 1.82) is 0 Å². The number of carbonyl (C=O) groups is 1. The molecule has 1 atom stereocenters. The number of benzene rings is 1. The first-order valence-corrected chi connectivity index (χ1v) is 8.15. The van der Waals surface area contributed by atoms with Gasteiger partial charge in [0.1, 0.15) is 0 Å². The third-order valence-electron chi connectivity index (χ3n) is 4.07. The smallest absolute Gasteiger partial charge is 0.226 e. The molecule has 2 aromatic rings. The van der Waals surface area contributed by atoms with Crippen LogP contribution in [0.4, 0.5) is 0 Å². The highest BCUT2D eigenvalue weighted by Crippen LogP contribution is 2.35. The largest absolute Gasteiger partial charge is 0.348 e. The van der Waals surface area contributed by atoms with Crippen LogP contribution in [0, 0.1) is 5.92 Å². The van der Waals surface area contributed by atoms with E-state index in [1.165, 1.54) is 0 Å². The number of halogens is 2. The van der Waals surface area contributed by atoms with E-state index >= 15 is 0 Å². The van der Waals surface area contributed by atoms with Crippen LogP contribution in [0.15, 0.2) is 36.5 Å². The van der Waals surface area contributed by atoms with Crippen molar-refractivity contribution in [3.05, 3.63) is 57.8 Å². The number of amides is 1. The molecule has 1 aliphatic heterocycles. The lowest BCUT2D eigenvalue weighted by atomic mass is 9.98. The summed E-state index contributed by atoms with van der Waals surface area (Å²) in [7, 11) is 0. The van der Waals surface area contributed by atoms with E-state index in [9.17, 15) is 4.79 Å². The molecule has 1 unspecified atom stereocenters. The molecule has 2 heterocycles. The van der Waals surface area contributed by atoms with Gasteiger partial charge in [-0.1, -0.05) is 43.1 Å². The molecular weight excluding hydrogens is 319 g/mol. The van der Waals surface area contributed by atoms with Crippen LogP contribution in [0.5, 0.6) is 0 Å². The maximum atomic E-state index is 12.6. The predicted molar refractivity (Wildman–Crippen MR) is 89.3 cm³/mol. The van der Waals surface area contributed by atoms with Crippen LogP contribution in [-0.4, -0.2) is 21.9 Å². The lowest BCUT2D eigenvalue weighted by Gasteiger charge is -2.38.